The standard InChI is InChI=1S/C38H72O2/c1-3-5-6-7-8-9-10-11-12-13-14-15-16-17-18-19-21-24-27-30-34-37(33-4-2)35-31-28-25-22-20-23-26-29-32-36-38(39)40/h25,28,30,34,37H,3-24,26-27,29,31-33,35-36H2,1-2H3,(H,39,40). The first kappa shape index (κ1) is 39.0. The van der Waals surface area contributed by atoms with Crippen LogP contribution in [0.2, 0.25) is 0 Å². The summed E-state index contributed by atoms with van der Waals surface area (Å²) in [6.45, 7) is 4.61. The Balaban J connectivity index is 3.48. The Morgan fingerprint density at radius 3 is 1.32 bits per heavy atom. The van der Waals surface area contributed by atoms with E-state index in [1.54, 1.807) is 0 Å². The first-order valence-electron chi connectivity index (χ1n) is 18.2. The van der Waals surface area contributed by atoms with Crippen LogP contribution in [0.3, 0.4) is 0 Å². The van der Waals surface area contributed by atoms with Crippen LogP contribution in [0.25, 0.3) is 0 Å². The van der Waals surface area contributed by atoms with Crippen molar-refractivity contribution in [3.8, 4) is 0 Å². The Morgan fingerprint density at radius 1 is 0.475 bits per heavy atom. The fourth-order valence-electron chi connectivity index (χ4n) is 5.77. The molecule has 0 aliphatic heterocycles. The monoisotopic (exact) mass is 561 g/mol. The van der Waals surface area contributed by atoms with E-state index >= 15 is 0 Å². The van der Waals surface area contributed by atoms with Gasteiger partial charge in [-0.2, -0.15) is 0 Å². The van der Waals surface area contributed by atoms with Gasteiger partial charge in [0.25, 0.3) is 0 Å². The molecule has 0 aromatic heterocycles. The van der Waals surface area contributed by atoms with Crippen LogP contribution in [0.4, 0.5) is 0 Å². The van der Waals surface area contributed by atoms with Gasteiger partial charge in [-0.25, -0.2) is 0 Å². The van der Waals surface area contributed by atoms with Crippen molar-refractivity contribution in [1.29, 1.82) is 0 Å². The van der Waals surface area contributed by atoms with E-state index in [0.29, 0.717) is 6.42 Å². The van der Waals surface area contributed by atoms with Crippen LogP contribution >= 0.6 is 0 Å². The number of hydrogen-bond acceptors (Lipinski definition) is 1. The van der Waals surface area contributed by atoms with Gasteiger partial charge in [0.1, 0.15) is 0 Å². The molecular weight excluding hydrogens is 488 g/mol. The third kappa shape index (κ3) is 33.2. The summed E-state index contributed by atoms with van der Waals surface area (Å²) in [6, 6.07) is 0. The number of aliphatic carboxylic acids is 1. The van der Waals surface area contributed by atoms with Crippen molar-refractivity contribution in [2.24, 2.45) is 5.92 Å². The zero-order chi connectivity index (χ0) is 29.2. The Hall–Kier alpha value is -1.05. The van der Waals surface area contributed by atoms with Crippen LogP contribution in [0.5, 0.6) is 0 Å². The molecule has 0 heterocycles. The van der Waals surface area contributed by atoms with Gasteiger partial charge in [-0.3, -0.25) is 4.79 Å². The van der Waals surface area contributed by atoms with E-state index in [1.165, 1.54) is 173 Å². The number of allylic oxidation sites excluding steroid dienone is 4. The van der Waals surface area contributed by atoms with E-state index in [9.17, 15) is 4.79 Å². The molecule has 236 valence electrons. The summed E-state index contributed by atoms with van der Waals surface area (Å²) in [7, 11) is 0. The fraction of sp³-hybridized carbons (Fsp3) is 0.868. The molecule has 0 saturated carbocycles. The lowest BCUT2D eigenvalue weighted by Gasteiger charge is -2.10. The normalized spacial score (nSPS) is 12.7. The summed E-state index contributed by atoms with van der Waals surface area (Å²) in [5.41, 5.74) is 0. The molecule has 40 heavy (non-hydrogen) atoms. The van der Waals surface area contributed by atoms with Crippen molar-refractivity contribution in [3.63, 3.8) is 0 Å². The van der Waals surface area contributed by atoms with Crippen molar-refractivity contribution in [2.75, 3.05) is 0 Å². The minimum atomic E-state index is -0.662. The van der Waals surface area contributed by atoms with Crippen LogP contribution in [-0.2, 0) is 4.79 Å². The zero-order valence-corrected chi connectivity index (χ0v) is 27.5. The van der Waals surface area contributed by atoms with Crippen molar-refractivity contribution in [2.45, 2.75) is 206 Å². The minimum Gasteiger partial charge on any atom is -0.481 e. The highest BCUT2D eigenvalue weighted by atomic mass is 16.4. The molecule has 1 N–H and O–H groups in total. The first-order valence-corrected chi connectivity index (χ1v) is 18.2. The maximum Gasteiger partial charge on any atom is 0.303 e. The fourth-order valence-corrected chi connectivity index (χ4v) is 5.77. The molecule has 0 bridgehead atoms. The molecule has 0 amide bonds. The average Bonchev–Trinajstić information content (AvgIpc) is 2.94. The van der Waals surface area contributed by atoms with Gasteiger partial charge >= 0.3 is 5.97 Å². The quantitative estimate of drug-likeness (QED) is 0.0640. The molecule has 0 radical (unpaired) electrons. The number of rotatable bonds is 33. The van der Waals surface area contributed by atoms with E-state index < -0.39 is 5.97 Å². The van der Waals surface area contributed by atoms with Crippen molar-refractivity contribution >= 4 is 5.97 Å². The molecular formula is C38H72O2. The zero-order valence-electron chi connectivity index (χ0n) is 27.5. The summed E-state index contributed by atoms with van der Waals surface area (Å²) in [6.07, 6.45) is 49.1. The summed E-state index contributed by atoms with van der Waals surface area (Å²) >= 11 is 0. The third-order valence-corrected chi connectivity index (χ3v) is 8.42. The summed E-state index contributed by atoms with van der Waals surface area (Å²) < 4.78 is 0. The van der Waals surface area contributed by atoms with Crippen LogP contribution in [-0.4, -0.2) is 11.1 Å². The minimum absolute atomic E-state index is 0.326. The highest BCUT2D eigenvalue weighted by Gasteiger charge is 2.02. The molecule has 1 unspecified atom stereocenters. The topological polar surface area (TPSA) is 37.3 Å². The second kappa shape index (κ2) is 34.2. The van der Waals surface area contributed by atoms with Crippen LogP contribution in [0.1, 0.15) is 206 Å². The van der Waals surface area contributed by atoms with E-state index in [4.69, 9.17) is 5.11 Å². The highest BCUT2D eigenvalue weighted by molar-refractivity contribution is 5.66. The first-order chi connectivity index (χ1) is 19.7. The van der Waals surface area contributed by atoms with E-state index in [-0.39, 0.29) is 0 Å². The van der Waals surface area contributed by atoms with Gasteiger partial charge in [-0.05, 0) is 57.3 Å². The summed E-state index contributed by atoms with van der Waals surface area (Å²) in [5.74, 6) is 0.0872. The number of carboxylic acid groups (broad SMARTS) is 1. The predicted octanol–water partition coefficient (Wildman–Crippen LogP) is 13.5. The Bertz CT molecular complexity index is 550. The number of carboxylic acids is 1. The molecule has 0 aromatic carbocycles. The molecule has 1 atom stereocenters. The smallest absolute Gasteiger partial charge is 0.303 e. The molecule has 0 aliphatic carbocycles. The van der Waals surface area contributed by atoms with Gasteiger partial charge in [0.2, 0.25) is 0 Å². The number of unbranched alkanes of at least 4 members (excludes halogenated alkanes) is 23. The number of hydrogen-bond donors (Lipinski definition) is 1. The van der Waals surface area contributed by atoms with Crippen molar-refractivity contribution in [3.05, 3.63) is 24.3 Å². The van der Waals surface area contributed by atoms with Crippen molar-refractivity contribution < 1.29 is 9.90 Å². The molecule has 0 spiro atoms. The van der Waals surface area contributed by atoms with Crippen LogP contribution < -0.4 is 0 Å². The molecule has 0 aliphatic rings. The summed E-state index contributed by atoms with van der Waals surface area (Å²) in [4.78, 5) is 10.5. The maximum atomic E-state index is 10.5. The van der Waals surface area contributed by atoms with E-state index in [1.807, 2.05) is 0 Å². The molecule has 2 heteroatoms. The predicted molar refractivity (Wildman–Crippen MR) is 179 cm³/mol. The van der Waals surface area contributed by atoms with Crippen molar-refractivity contribution in [1.82, 2.24) is 0 Å². The van der Waals surface area contributed by atoms with Gasteiger partial charge in [-0.15, -0.1) is 0 Å². The third-order valence-electron chi connectivity index (χ3n) is 8.42. The van der Waals surface area contributed by atoms with Gasteiger partial charge < -0.3 is 5.11 Å². The highest BCUT2D eigenvalue weighted by Crippen LogP contribution is 2.18. The van der Waals surface area contributed by atoms with E-state index in [2.05, 4.69) is 38.2 Å². The Labute approximate surface area is 252 Å². The summed E-state index contributed by atoms with van der Waals surface area (Å²) in [5, 5.41) is 8.66. The largest absolute Gasteiger partial charge is 0.481 e. The average molecular weight is 561 g/mol. The maximum absolute atomic E-state index is 10.5. The molecule has 2 nitrogen and oxygen atoms in total. The molecule has 0 aromatic rings. The Kier molecular flexibility index (Phi) is 33.3. The second-order valence-corrected chi connectivity index (χ2v) is 12.5. The number of carbonyl (C=O) groups is 1. The van der Waals surface area contributed by atoms with Gasteiger partial charge in [0, 0.05) is 6.42 Å². The van der Waals surface area contributed by atoms with Gasteiger partial charge in [0.15, 0.2) is 0 Å². The van der Waals surface area contributed by atoms with Crippen LogP contribution in [0, 0.1) is 5.92 Å². The lowest BCUT2D eigenvalue weighted by Crippen LogP contribution is -1.95. The van der Waals surface area contributed by atoms with Gasteiger partial charge in [0.05, 0.1) is 0 Å². The molecule has 0 fully saturated rings. The SMILES string of the molecule is CCCCCCCCCCCCCCCCCCCCC=CC(CCC)CCC=CCCCCCCCC(=O)O. The molecule has 0 rings (SSSR count). The Morgan fingerprint density at radius 2 is 0.875 bits per heavy atom. The lowest BCUT2D eigenvalue weighted by atomic mass is 9.96. The van der Waals surface area contributed by atoms with Crippen LogP contribution in [0.15, 0.2) is 24.3 Å². The second-order valence-electron chi connectivity index (χ2n) is 12.5. The molecule has 0 saturated heterocycles. The van der Waals surface area contributed by atoms with Gasteiger partial charge in [-0.1, -0.05) is 173 Å². The van der Waals surface area contributed by atoms with E-state index in [0.717, 1.165) is 18.8 Å². The lowest BCUT2D eigenvalue weighted by molar-refractivity contribution is -0.137.